The molecule has 6 nitrogen and oxygen atoms in total. The lowest BCUT2D eigenvalue weighted by Crippen LogP contribution is -2.30. The first-order valence-electron chi connectivity index (χ1n) is 31.7. The summed E-state index contributed by atoms with van der Waals surface area (Å²) in [5, 5.41) is 0. The molecular weight excluding hydrogens is 925 g/mol. The average molecular weight is 1040 g/mol. The molecule has 0 unspecified atom stereocenters. The summed E-state index contributed by atoms with van der Waals surface area (Å²) in [7, 11) is 0. The van der Waals surface area contributed by atoms with Gasteiger partial charge in [-0.05, 0) is 128 Å². The summed E-state index contributed by atoms with van der Waals surface area (Å²) in [6.45, 7) is 6.56. The van der Waals surface area contributed by atoms with Crippen LogP contribution in [0.2, 0.25) is 0 Å². The molecule has 75 heavy (non-hydrogen) atoms. The van der Waals surface area contributed by atoms with E-state index in [-0.39, 0.29) is 31.1 Å². The second-order valence-electron chi connectivity index (χ2n) is 21.0. The molecule has 0 aliphatic rings. The molecule has 0 aliphatic heterocycles. The highest BCUT2D eigenvalue weighted by Crippen LogP contribution is 2.15. The van der Waals surface area contributed by atoms with Gasteiger partial charge in [-0.25, -0.2) is 0 Å². The Bertz CT molecular complexity index is 1480. The highest BCUT2D eigenvalue weighted by Gasteiger charge is 2.19. The minimum Gasteiger partial charge on any atom is -0.462 e. The molecule has 0 radical (unpaired) electrons. The molecule has 0 aromatic heterocycles. The van der Waals surface area contributed by atoms with Crippen LogP contribution >= 0.6 is 0 Å². The highest BCUT2D eigenvalue weighted by molar-refractivity contribution is 5.71. The molecule has 0 fully saturated rings. The van der Waals surface area contributed by atoms with Crippen LogP contribution in [0.25, 0.3) is 0 Å². The number of rotatable bonds is 57. The van der Waals surface area contributed by atoms with Crippen LogP contribution < -0.4 is 0 Å². The van der Waals surface area contributed by atoms with E-state index in [4.69, 9.17) is 14.2 Å². The van der Waals surface area contributed by atoms with Crippen molar-refractivity contribution in [3.05, 3.63) is 97.2 Å². The normalized spacial score (nSPS) is 12.7. The van der Waals surface area contributed by atoms with Gasteiger partial charge in [-0.2, -0.15) is 0 Å². The monoisotopic (exact) mass is 1040 g/mol. The Kier molecular flexibility index (Phi) is 59.8. The SMILES string of the molecule is CCCCC/C=C\C/C=C\C/C=C\CCCCCCCCC(=O)OC[C@H](COC(=O)CCCCCCCCCCC/C=C\C/C=C\CCCCC)OC(=O)CCCCCCCC/C=C\C/C=C\C/C=C\CCCCC. The van der Waals surface area contributed by atoms with E-state index in [0.29, 0.717) is 19.3 Å². The predicted molar refractivity (Wildman–Crippen MR) is 325 cm³/mol. The van der Waals surface area contributed by atoms with Crippen molar-refractivity contribution >= 4 is 17.9 Å². The minimum absolute atomic E-state index is 0.0895. The molecule has 0 aromatic rings. The van der Waals surface area contributed by atoms with E-state index >= 15 is 0 Å². The van der Waals surface area contributed by atoms with Crippen LogP contribution in [0, 0.1) is 0 Å². The lowest BCUT2D eigenvalue weighted by Gasteiger charge is -2.18. The molecule has 0 heterocycles. The molecule has 0 rings (SSSR count). The Morgan fingerprint density at radius 1 is 0.267 bits per heavy atom. The van der Waals surface area contributed by atoms with Crippen LogP contribution in [-0.4, -0.2) is 37.2 Å². The third-order valence-corrected chi connectivity index (χ3v) is 13.5. The standard InChI is InChI=1S/C69H118O6/c1-4-7-10-13-16-19-22-25-28-31-34-37-40-43-46-49-52-55-58-61-67(70)73-64-66(75-69(72)63-60-57-54-51-48-45-42-39-36-33-30-27-24-21-18-15-12-9-6-3)65-74-68(71)62-59-56-53-50-47-44-41-38-35-32-29-26-23-20-17-14-11-8-5-2/h16-21,25-30,34,36-37,39,66H,4-15,22-24,31-33,35,38,40-65H2,1-3H3/b19-16-,20-17-,21-18-,28-25-,29-26-,30-27-,37-34-,39-36-/t66-/m1/s1. The van der Waals surface area contributed by atoms with Gasteiger partial charge >= 0.3 is 17.9 Å². The topological polar surface area (TPSA) is 78.9 Å². The van der Waals surface area contributed by atoms with Crippen molar-refractivity contribution in [2.24, 2.45) is 0 Å². The summed E-state index contributed by atoms with van der Waals surface area (Å²) in [5.41, 5.74) is 0. The largest absolute Gasteiger partial charge is 0.462 e. The van der Waals surface area contributed by atoms with Gasteiger partial charge in [0, 0.05) is 19.3 Å². The second kappa shape index (κ2) is 62.9. The van der Waals surface area contributed by atoms with Crippen molar-refractivity contribution in [1.29, 1.82) is 0 Å². The minimum atomic E-state index is -0.795. The maximum Gasteiger partial charge on any atom is 0.306 e. The second-order valence-corrected chi connectivity index (χ2v) is 21.0. The van der Waals surface area contributed by atoms with Crippen molar-refractivity contribution < 1.29 is 28.6 Å². The lowest BCUT2D eigenvalue weighted by molar-refractivity contribution is -0.167. The van der Waals surface area contributed by atoms with Crippen LogP contribution in [0.3, 0.4) is 0 Å². The zero-order valence-corrected chi connectivity index (χ0v) is 49.3. The summed E-state index contributed by atoms with van der Waals surface area (Å²) in [6, 6.07) is 0. The van der Waals surface area contributed by atoms with E-state index in [9.17, 15) is 14.4 Å². The van der Waals surface area contributed by atoms with Crippen LogP contribution in [-0.2, 0) is 28.6 Å². The van der Waals surface area contributed by atoms with Gasteiger partial charge in [-0.15, -0.1) is 0 Å². The number of ether oxygens (including phenoxy) is 3. The fourth-order valence-corrected chi connectivity index (χ4v) is 8.72. The summed E-state index contributed by atoms with van der Waals surface area (Å²) < 4.78 is 16.9. The average Bonchev–Trinajstić information content (AvgIpc) is 3.41. The number of allylic oxidation sites excluding steroid dienone is 16. The first-order chi connectivity index (χ1) is 37.0. The van der Waals surface area contributed by atoms with Gasteiger partial charge in [0.25, 0.3) is 0 Å². The van der Waals surface area contributed by atoms with Gasteiger partial charge in [-0.3, -0.25) is 14.4 Å². The Morgan fingerprint density at radius 3 is 0.747 bits per heavy atom. The Balaban J connectivity index is 4.45. The van der Waals surface area contributed by atoms with Crippen molar-refractivity contribution in [2.75, 3.05) is 13.2 Å². The maximum atomic E-state index is 12.9. The van der Waals surface area contributed by atoms with Crippen molar-refractivity contribution in [2.45, 2.75) is 309 Å². The van der Waals surface area contributed by atoms with E-state index in [1.807, 2.05) is 0 Å². The Morgan fingerprint density at radius 2 is 0.480 bits per heavy atom. The van der Waals surface area contributed by atoms with Crippen LogP contribution in [0.4, 0.5) is 0 Å². The summed E-state index contributed by atoms with van der Waals surface area (Å²) in [6.07, 6.45) is 83.9. The number of hydrogen-bond acceptors (Lipinski definition) is 6. The van der Waals surface area contributed by atoms with E-state index in [2.05, 4.69) is 118 Å². The fraction of sp³-hybridized carbons (Fsp3) is 0.725. The van der Waals surface area contributed by atoms with E-state index in [1.54, 1.807) is 0 Å². The zero-order valence-electron chi connectivity index (χ0n) is 49.3. The predicted octanol–water partition coefficient (Wildman–Crippen LogP) is 21.7. The van der Waals surface area contributed by atoms with Gasteiger partial charge in [0.15, 0.2) is 6.10 Å². The van der Waals surface area contributed by atoms with E-state index in [1.165, 1.54) is 154 Å². The number of carbonyl (C=O) groups excluding carboxylic acids is 3. The molecule has 430 valence electrons. The van der Waals surface area contributed by atoms with Gasteiger partial charge in [0.05, 0.1) is 0 Å². The quantitative estimate of drug-likeness (QED) is 0.0261. The first-order valence-corrected chi connectivity index (χ1v) is 31.7. The fourth-order valence-electron chi connectivity index (χ4n) is 8.72. The molecular formula is C69H118O6. The molecule has 0 bridgehead atoms. The first kappa shape index (κ1) is 71.3. The van der Waals surface area contributed by atoms with Gasteiger partial charge in [-0.1, -0.05) is 253 Å². The molecule has 0 N–H and O–H groups in total. The third kappa shape index (κ3) is 61.1. The van der Waals surface area contributed by atoms with Crippen LogP contribution in [0.1, 0.15) is 303 Å². The zero-order chi connectivity index (χ0) is 54.3. The smallest absolute Gasteiger partial charge is 0.306 e. The van der Waals surface area contributed by atoms with Gasteiger partial charge < -0.3 is 14.2 Å². The van der Waals surface area contributed by atoms with Gasteiger partial charge in [0.1, 0.15) is 13.2 Å². The molecule has 0 spiro atoms. The Labute approximate surface area is 464 Å². The number of hydrogen-bond donors (Lipinski definition) is 0. The van der Waals surface area contributed by atoms with Crippen molar-refractivity contribution in [1.82, 2.24) is 0 Å². The van der Waals surface area contributed by atoms with Crippen LogP contribution in [0.15, 0.2) is 97.2 Å². The number of esters is 3. The van der Waals surface area contributed by atoms with E-state index < -0.39 is 6.10 Å². The molecule has 0 aromatic carbocycles. The summed E-state index contributed by atoms with van der Waals surface area (Å²) in [5.74, 6) is -0.910. The Hall–Kier alpha value is -3.67. The van der Waals surface area contributed by atoms with E-state index in [0.717, 1.165) is 109 Å². The summed E-state index contributed by atoms with van der Waals surface area (Å²) >= 11 is 0. The molecule has 0 amide bonds. The highest BCUT2D eigenvalue weighted by atomic mass is 16.6. The number of carbonyl (C=O) groups is 3. The van der Waals surface area contributed by atoms with Crippen molar-refractivity contribution in [3.63, 3.8) is 0 Å². The molecule has 0 aliphatic carbocycles. The molecule has 6 heteroatoms. The summed E-state index contributed by atoms with van der Waals surface area (Å²) in [4.78, 5) is 38.3. The lowest BCUT2D eigenvalue weighted by atomic mass is 10.1. The van der Waals surface area contributed by atoms with Crippen molar-refractivity contribution in [3.8, 4) is 0 Å². The third-order valence-electron chi connectivity index (χ3n) is 13.5. The number of unbranched alkanes of at least 4 members (excludes halogenated alkanes) is 30. The maximum absolute atomic E-state index is 12.9. The molecule has 0 saturated carbocycles. The van der Waals surface area contributed by atoms with Crippen LogP contribution in [0.5, 0.6) is 0 Å². The van der Waals surface area contributed by atoms with Gasteiger partial charge in [0.2, 0.25) is 0 Å². The molecule has 0 saturated heterocycles. The molecule has 1 atom stereocenters.